The molecule has 1 aliphatic carbocycles. The molecule has 3 heterocycles. The zero-order chi connectivity index (χ0) is 28.9. The van der Waals surface area contributed by atoms with Gasteiger partial charge in [-0.05, 0) is 68.1 Å². The molecule has 41 heavy (non-hydrogen) atoms. The van der Waals surface area contributed by atoms with Gasteiger partial charge in [-0.1, -0.05) is 30.3 Å². The van der Waals surface area contributed by atoms with Crippen LogP contribution in [0.1, 0.15) is 42.7 Å². The molecule has 0 radical (unpaired) electrons. The van der Waals surface area contributed by atoms with Crippen molar-refractivity contribution in [2.24, 2.45) is 0 Å². The van der Waals surface area contributed by atoms with Crippen LogP contribution in [0.5, 0.6) is 5.75 Å². The molecule has 1 atom stereocenters. The smallest absolute Gasteiger partial charge is 0.412 e. The number of rotatable bonds is 8. The van der Waals surface area contributed by atoms with E-state index in [1.807, 2.05) is 56.3 Å². The van der Waals surface area contributed by atoms with Gasteiger partial charge in [0.15, 0.2) is 0 Å². The van der Waals surface area contributed by atoms with E-state index in [0.29, 0.717) is 35.5 Å². The molecule has 1 saturated carbocycles. The number of carboxylic acids is 1. The maximum absolute atomic E-state index is 15.2. The van der Waals surface area contributed by atoms with Gasteiger partial charge in [0.05, 0.1) is 33.7 Å². The van der Waals surface area contributed by atoms with Crippen LogP contribution in [0, 0.1) is 12.7 Å². The number of fused-ring (bicyclic) bond motifs is 1. The highest BCUT2D eigenvalue weighted by Gasteiger charge is 2.53. The van der Waals surface area contributed by atoms with Crippen molar-refractivity contribution in [2.75, 3.05) is 12.4 Å². The van der Waals surface area contributed by atoms with Gasteiger partial charge in [-0.25, -0.2) is 9.18 Å². The molecule has 1 fully saturated rings. The lowest BCUT2D eigenvalue weighted by atomic mass is 9.93. The van der Waals surface area contributed by atoms with Crippen LogP contribution in [0.25, 0.3) is 29.6 Å². The molecule has 0 saturated heterocycles. The molecule has 0 unspecified atom stereocenters. The molecule has 11 heteroatoms. The second-order valence-corrected chi connectivity index (χ2v) is 12.9. The van der Waals surface area contributed by atoms with Gasteiger partial charge >= 0.3 is 12.1 Å². The second-order valence-electron chi connectivity index (χ2n) is 9.92. The molecule has 7 nitrogen and oxygen atoms in total. The number of aromatic nitrogens is 1. The number of benzene rings is 2. The number of carbonyl (C=O) groups excluding carboxylic acids is 1. The zero-order valence-electron chi connectivity index (χ0n) is 22.3. The molecule has 6 rings (SSSR count). The first-order valence-corrected chi connectivity index (χ1v) is 15.2. The molecule has 0 bridgehead atoms. The number of aliphatic carboxylic acids is 1. The molecule has 2 aromatic carbocycles. The topological polar surface area (TPSA) is 97.8 Å². The second kappa shape index (κ2) is 10.6. The van der Waals surface area contributed by atoms with E-state index in [-0.39, 0.29) is 5.56 Å². The third kappa shape index (κ3) is 4.98. The Balaban J connectivity index is 1.26. The minimum absolute atomic E-state index is 0.170. The Morgan fingerprint density at radius 2 is 1.76 bits per heavy atom. The van der Waals surface area contributed by atoms with Crippen LogP contribution < -0.4 is 10.1 Å². The number of carboxylic acid groups (broad SMARTS) is 1. The van der Waals surface area contributed by atoms with Gasteiger partial charge in [0, 0.05) is 25.4 Å². The SMILES string of the molecule is COc1cc(C2(C(=O)O)CC2)c(F)cc1-c1cc2sc(-c3snc(C)c3NC(=O)O[C@H](C)c3ccccc3)cc2s1. The molecule has 1 amide bonds. The van der Waals surface area contributed by atoms with Crippen LogP contribution in [0.15, 0.2) is 54.6 Å². The molecule has 1 aliphatic rings. The lowest BCUT2D eigenvalue weighted by molar-refractivity contribution is -0.140. The minimum Gasteiger partial charge on any atom is -0.496 e. The largest absolute Gasteiger partial charge is 0.496 e. The highest BCUT2D eigenvalue weighted by molar-refractivity contribution is 7.32. The van der Waals surface area contributed by atoms with Gasteiger partial charge in [-0.3, -0.25) is 10.1 Å². The summed E-state index contributed by atoms with van der Waals surface area (Å²) in [6.07, 6.45) is -0.139. The fraction of sp³-hybridized carbons (Fsp3) is 0.233. The third-order valence-electron chi connectivity index (χ3n) is 7.30. The Bertz CT molecular complexity index is 1760. The van der Waals surface area contributed by atoms with Crippen LogP contribution in [-0.2, 0) is 14.9 Å². The normalized spacial score (nSPS) is 14.5. The number of nitrogens with one attached hydrogen (secondary N) is 1. The van der Waals surface area contributed by atoms with Crippen molar-refractivity contribution in [1.82, 2.24) is 4.37 Å². The number of methoxy groups -OCH3 is 1. The Labute approximate surface area is 247 Å². The molecule has 5 aromatic rings. The van der Waals surface area contributed by atoms with Gasteiger partial charge in [-0.15, -0.1) is 22.7 Å². The van der Waals surface area contributed by atoms with Gasteiger partial charge in [0.1, 0.15) is 17.7 Å². The van der Waals surface area contributed by atoms with Crippen molar-refractivity contribution in [3.05, 3.63) is 77.2 Å². The number of thiophene rings is 2. The summed E-state index contributed by atoms with van der Waals surface area (Å²) in [6, 6.07) is 16.4. The van der Waals surface area contributed by atoms with E-state index in [9.17, 15) is 14.7 Å². The zero-order valence-corrected chi connectivity index (χ0v) is 24.8. The third-order valence-corrected chi connectivity index (χ3v) is 10.7. The Morgan fingerprint density at radius 1 is 1.07 bits per heavy atom. The number of halogens is 1. The summed E-state index contributed by atoms with van der Waals surface area (Å²) in [6.45, 7) is 3.66. The number of carbonyl (C=O) groups is 2. The van der Waals surface area contributed by atoms with E-state index in [2.05, 4.69) is 9.69 Å². The summed E-state index contributed by atoms with van der Waals surface area (Å²) in [5, 5.41) is 12.5. The Hall–Kier alpha value is -3.80. The van der Waals surface area contributed by atoms with E-state index in [1.54, 1.807) is 11.3 Å². The van der Waals surface area contributed by atoms with Crippen molar-refractivity contribution in [3.63, 3.8) is 0 Å². The number of ether oxygens (including phenoxy) is 2. The van der Waals surface area contributed by atoms with E-state index in [4.69, 9.17) is 9.47 Å². The number of aryl methyl sites for hydroxylation is 1. The van der Waals surface area contributed by atoms with Crippen LogP contribution in [0.3, 0.4) is 0 Å². The van der Waals surface area contributed by atoms with Gasteiger partial charge in [0.25, 0.3) is 0 Å². The fourth-order valence-electron chi connectivity index (χ4n) is 4.85. The van der Waals surface area contributed by atoms with Crippen LogP contribution in [0.2, 0.25) is 0 Å². The van der Waals surface area contributed by atoms with Crippen molar-refractivity contribution in [3.8, 4) is 25.9 Å². The fourth-order valence-corrected chi connectivity index (χ4v) is 8.21. The monoisotopic (exact) mass is 608 g/mol. The average molecular weight is 609 g/mol. The van der Waals surface area contributed by atoms with E-state index < -0.39 is 29.4 Å². The Kier molecular flexibility index (Phi) is 7.04. The van der Waals surface area contributed by atoms with Crippen molar-refractivity contribution in [2.45, 2.75) is 38.2 Å². The van der Waals surface area contributed by atoms with E-state index in [0.717, 1.165) is 29.6 Å². The summed E-state index contributed by atoms with van der Waals surface area (Å²) >= 11 is 4.34. The first kappa shape index (κ1) is 27.4. The molecule has 210 valence electrons. The standard InChI is InChI=1S/C30H25FN2O5S3/c1-15-26(32-29(36)38-16(2)17-7-5-4-6-8-17)27(41-33-15)25-14-24-23(40-25)13-22(39-24)18-11-20(31)19(12-21(18)37-3)30(9-10-30)28(34)35/h4-8,11-14,16H,9-10H2,1-3H3,(H,32,36)(H,34,35)/t16-/m1/s1. The molecule has 3 aromatic heterocycles. The van der Waals surface area contributed by atoms with E-state index >= 15 is 4.39 Å². The molecular weight excluding hydrogens is 584 g/mol. The molecule has 0 spiro atoms. The minimum atomic E-state index is -1.16. The predicted octanol–water partition coefficient (Wildman–Crippen LogP) is 8.64. The number of hydrogen-bond donors (Lipinski definition) is 2. The van der Waals surface area contributed by atoms with Gasteiger partial charge in [-0.2, -0.15) is 4.37 Å². The molecular formula is C30H25FN2O5S3. The van der Waals surface area contributed by atoms with Crippen LogP contribution >= 0.6 is 34.2 Å². The van der Waals surface area contributed by atoms with Gasteiger partial charge in [0.2, 0.25) is 0 Å². The van der Waals surface area contributed by atoms with Gasteiger partial charge < -0.3 is 14.6 Å². The summed E-state index contributed by atoms with van der Waals surface area (Å²) in [5.74, 6) is -1.11. The summed E-state index contributed by atoms with van der Waals surface area (Å²) < 4.78 is 32.8. The first-order valence-electron chi connectivity index (χ1n) is 12.8. The first-order chi connectivity index (χ1) is 19.7. The lowest BCUT2D eigenvalue weighted by Gasteiger charge is -2.15. The number of hydrogen-bond acceptors (Lipinski definition) is 8. The highest BCUT2D eigenvalue weighted by Crippen LogP contribution is 2.52. The van der Waals surface area contributed by atoms with Crippen LogP contribution in [0.4, 0.5) is 14.9 Å². The number of anilines is 1. The number of amides is 1. The maximum Gasteiger partial charge on any atom is 0.412 e. The van der Waals surface area contributed by atoms with Crippen molar-refractivity contribution in [1.29, 1.82) is 0 Å². The summed E-state index contributed by atoms with van der Waals surface area (Å²) in [5.41, 5.74) is 1.80. The summed E-state index contributed by atoms with van der Waals surface area (Å²) in [7, 11) is 1.50. The number of nitrogens with zero attached hydrogens (tertiary/aromatic N) is 1. The summed E-state index contributed by atoms with van der Waals surface area (Å²) in [4.78, 5) is 27.1. The molecule has 0 aliphatic heterocycles. The van der Waals surface area contributed by atoms with Crippen molar-refractivity contribution < 1.29 is 28.6 Å². The van der Waals surface area contributed by atoms with Crippen LogP contribution in [-0.4, -0.2) is 28.7 Å². The lowest BCUT2D eigenvalue weighted by Crippen LogP contribution is -2.21. The van der Waals surface area contributed by atoms with E-state index in [1.165, 1.54) is 42.1 Å². The average Bonchev–Trinajstić information content (AvgIpc) is 3.36. The molecule has 2 N–H and O–H groups in total. The maximum atomic E-state index is 15.2. The quantitative estimate of drug-likeness (QED) is 0.183. The Morgan fingerprint density at radius 3 is 2.41 bits per heavy atom. The van der Waals surface area contributed by atoms with Crippen molar-refractivity contribution >= 4 is 61.4 Å². The highest BCUT2D eigenvalue weighted by atomic mass is 32.1. The predicted molar refractivity (Wildman–Crippen MR) is 161 cm³/mol.